The predicted molar refractivity (Wildman–Crippen MR) is 80.2 cm³/mol. The molecule has 1 heterocycles. The standard InChI is InChI=1S/C14H9Cl2F3N2O2/c15-8-5-6-11(16)21-12(8)13(22)20-9-3-1-2-4-10(9)23-7-14(17,18)19/h1-6H,7H2,(H,20,22). The van der Waals surface area contributed by atoms with Gasteiger partial charge in [0, 0.05) is 0 Å². The number of pyridine rings is 1. The van der Waals surface area contributed by atoms with E-state index in [0.29, 0.717) is 0 Å². The van der Waals surface area contributed by atoms with Crippen molar-refractivity contribution in [2.45, 2.75) is 6.18 Å². The largest absolute Gasteiger partial charge is 0.482 e. The molecule has 0 aliphatic rings. The first-order chi connectivity index (χ1) is 10.8. The van der Waals surface area contributed by atoms with Crippen LogP contribution in [0.1, 0.15) is 10.5 Å². The molecule has 2 aromatic rings. The first-order valence-corrected chi connectivity index (χ1v) is 6.94. The number of nitrogens with zero attached hydrogens (tertiary/aromatic N) is 1. The van der Waals surface area contributed by atoms with Crippen LogP contribution in [0.3, 0.4) is 0 Å². The van der Waals surface area contributed by atoms with Crippen molar-refractivity contribution in [1.29, 1.82) is 0 Å². The first kappa shape index (κ1) is 17.4. The molecule has 0 saturated carbocycles. The molecule has 4 nitrogen and oxygen atoms in total. The molecule has 122 valence electrons. The molecule has 0 radical (unpaired) electrons. The Morgan fingerprint density at radius 1 is 1.17 bits per heavy atom. The Morgan fingerprint density at radius 3 is 2.57 bits per heavy atom. The smallest absolute Gasteiger partial charge is 0.422 e. The Labute approximate surface area is 139 Å². The highest BCUT2D eigenvalue weighted by Gasteiger charge is 2.29. The number of amides is 1. The number of ether oxygens (including phenoxy) is 1. The number of carbonyl (C=O) groups is 1. The van der Waals surface area contributed by atoms with Crippen LogP contribution >= 0.6 is 23.2 Å². The lowest BCUT2D eigenvalue weighted by atomic mass is 10.2. The van der Waals surface area contributed by atoms with E-state index in [1.807, 2.05) is 0 Å². The van der Waals surface area contributed by atoms with Crippen LogP contribution in [0.15, 0.2) is 36.4 Å². The third kappa shape index (κ3) is 5.01. The minimum absolute atomic E-state index is 0.0552. The maximum Gasteiger partial charge on any atom is 0.422 e. The van der Waals surface area contributed by atoms with Gasteiger partial charge in [-0.3, -0.25) is 4.79 Å². The van der Waals surface area contributed by atoms with Crippen LogP contribution in [-0.2, 0) is 0 Å². The number of anilines is 1. The minimum atomic E-state index is -4.49. The van der Waals surface area contributed by atoms with Crippen molar-refractivity contribution in [3.63, 3.8) is 0 Å². The summed E-state index contributed by atoms with van der Waals surface area (Å²) in [6, 6.07) is 8.49. The van der Waals surface area contributed by atoms with Crippen LogP contribution in [0, 0.1) is 0 Å². The summed E-state index contributed by atoms with van der Waals surface area (Å²) >= 11 is 11.6. The molecule has 2 rings (SSSR count). The summed E-state index contributed by atoms with van der Waals surface area (Å²) < 4.78 is 41.4. The van der Waals surface area contributed by atoms with Gasteiger partial charge in [-0.15, -0.1) is 0 Å². The second-order valence-electron chi connectivity index (χ2n) is 4.32. The SMILES string of the molecule is O=C(Nc1ccccc1OCC(F)(F)F)c1nc(Cl)ccc1Cl. The summed E-state index contributed by atoms with van der Waals surface area (Å²) in [5.41, 5.74) is -0.0932. The molecule has 0 bridgehead atoms. The van der Waals surface area contributed by atoms with Crippen LogP contribution in [0.2, 0.25) is 10.2 Å². The van der Waals surface area contributed by atoms with Crippen molar-refractivity contribution < 1.29 is 22.7 Å². The lowest BCUT2D eigenvalue weighted by Crippen LogP contribution is -2.20. The molecule has 0 aliphatic carbocycles. The van der Waals surface area contributed by atoms with Gasteiger partial charge in [0.15, 0.2) is 6.61 Å². The Hall–Kier alpha value is -1.99. The first-order valence-electron chi connectivity index (χ1n) is 6.18. The number of nitrogens with one attached hydrogen (secondary N) is 1. The van der Waals surface area contributed by atoms with Crippen LogP contribution in [-0.4, -0.2) is 23.7 Å². The van der Waals surface area contributed by atoms with Gasteiger partial charge < -0.3 is 10.1 Å². The minimum Gasteiger partial charge on any atom is -0.482 e. The van der Waals surface area contributed by atoms with Gasteiger partial charge in [0.2, 0.25) is 0 Å². The third-order valence-electron chi connectivity index (χ3n) is 2.55. The second-order valence-corrected chi connectivity index (χ2v) is 5.11. The van der Waals surface area contributed by atoms with Gasteiger partial charge in [0.1, 0.15) is 16.6 Å². The van der Waals surface area contributed by atoms with E-state index in [2.05, 4.69) is 15.0 Å². The molecule has 9 heteroatoms. The number of para-hydroxylation sites is 2. The third-order valence-corrected chi connectivity index (χ3v) is 3.07. The zero-order valence-corrected chi connectivity index (χ0v) is 12.8. The quantitative estimate of drug-likeness (QED) is 0.807. The van der Waals surface area contributed by atoms with E-state index in [0.717, 1.165) is 0 Å². The summed E-state index contributed by atoms with van der Waals surface area (Å²) in [6.45, 7) is -1.48. The van der Waals surface area contributed by atoms with Crippen molar-refractivity contribution >= 4 is 34.8 Å². The van der Waals surface area contributed by atoms with E-state index in [9.17, 15) is 18.0 Å². The molecule has 1 aromatic carbocycles. The summed E-state index contributed by atoms with van der Waals surface area (Å²) in [5.74, 6) is -0.850. The van der Waals surface area contributed by atoms with E-state index >= 15 is 0 Å². The molecule has 0 aliphatic heterocycles. The lowest BCUT2D eigenvalue weighted by Gasteiger charge is -2.13. The van der Waals surface area contributed by atoms with Crippen LogP contribution in [0.25, 0.3) is 0 Å². The Morgan fingerprint density at radius 2 is 1.87 bits per heavy atom. The number of carbonyl (C=O) groups excluding carboxylic acids is 1. The maximum absolute atomic E-state index is 12.2. The number of hydrogen-bond acceptors (Lipinski definition) is 3. The van der Waals surface area contributed by atoms with E-state index in [4.69, 9.17) is 23.2 Å². The normalized spacial score (nSPS) is 11.2. The van der Waals surface area contributed by atoms with Crippen molar-refractivity contribution in [3.8, 4) is 5.75 Å². The molecule has 1 amide bonds. The Bertz CT molecular complexity index is 723. The molecular weight excluding hydrogens is 356 g/mol. The highest BCUT2D eigenvalue weighted by atomic mass is 35.5. The Kier molecular flexibility index (Phi) is 5.33. The van der Waals surface area contributed by atoms with Gasteiger partial charge in [-0.05, 0) is 24.3 Å². The number of aromatic nitrogens is 1. The van der Waals surface area contributed by atoms with E-state index in [1.165, 1.54) is 36.4 Å². The molecule has 1 N–H and O–H groups in total. The molecular formula is C14H9Cl2F3N2O2. The zero-order valence-electron chi connectivity index (χ0n) is 11.3. The molecule has 0 atom stereocenters. The monoisotopic (exact) mass is 364 g/mol. The van der Waals surface area contributed by atoms with Crippen LogP contribution in [0.5, 0.6) is 5.75 Å². The van der Waals surface area contributed by atoms with Crippen molar-refractivity contribution in [3.05, 3.63) is 52.3 Å². The van der Waals surface area contributed by atoms with E-state index < -0.39 is 18.7 Å². The average Bonchev–Trinajstić information content (AvgIpc) is 2.48. The molecule has 0 spiro atoms. The number of halogens is 5. The van der Waals surface area contributed by atoms with Gasteiger partial charge in [-0.2, -0.15) is 13.2 Å². The fourth-order valence-electron chi connectivity index (χ4n) is 1.61. The second kappa shape index (κ2) is 7.06. The molecule has 0 fully saturated rings. The number of hydrogen-bond donors (Lipinski definition) is 1. The predicted octanol–water partition coefficient (Wildman–Crippen LogP) is 4.58. The number of rotatable bonds is 4. The van der Waals surface area contributed by atoms with Gasteiger partial charge in [0.25, 0.3) is 5.91 Å². The van der Waals surface area contributed by atoms with E-state index in [1.54, 1.807) is 0 Å². The molecule has 23 heavy (non-hydrogen) atoms. The summed E-state index contributed by atoms with van der Waals surface area (Å²) in [7, 11) is 0. The molecule has 0 saturated heterocycles. The fraction of sp³-hybridized carbons (Fsp3) is 0.143. The van der Waals surface area contributed by atoms with Crippen LogP contribution < -0.4 is 10.1 Å². The van der Waals surface area contributed by atoms with Crippen molar-refractivity contribution in [2.24, 2.45) is 0 Å². The van der Waals surface area contributed by atoms with Gasteiger partial charge in [-0.1, -0.05) is 35.3 Å². The summed E-state index contributed by atoms with van der Waals surface area (Å²) in [4.78, 5) is 15.9. The van der Waals surface area contributed by atoms with Crippen molar-refractivity contribution in [1.82, 2.24) is 4.98 Å². The number of benzene rings is 1. The van der Waals surface area contributed by atoms with Crippen molar-refractivity contribution in [2.75, 3.05) is 11.9 Å². The van der Waals surface area contributed by atoms with E-state index in [-0.39, 0.29) is 27.3 Å². The lowest BCUT2D eigenvalue weighted by molar-refractivity contribution is -0.153. The van der Waals surface area contributed by atoms with Crippen LogP contribution in [0.4, 0.5) is 18.9 Å². The topological polar surface area (TPSA) is 51.2 Å². The highest BCUT2D eigenvalue weighted by molar-refractivity contribution is 6.35. The molecule has 0 unspecified atom stereocenters. The molecule has 1 aromatic heterocycles. The van der Waals surface area contributed by atoms with Gasteiger partial charge in [-0.25, -0.2) is 4.98 Å². The number of alkyl halides is 3. The summed E-state index contributed by atoms with van der Waals surface area (Å²) in [6.07, 6.45) is -4.49. The fourth-order valence-corrected chi connectivity index (χ4v) is 1.95. The average molecular weight is 365 g/mol. The Balaban J connectivity index is 2.19. The maximum atomic E-state index is 12.2. The van der Waals surface area contributed by atoms with Gasteiger partial charge >= 0.3 is 6.18 Å². The summed E-state index contributed by atoms with van der Waals surface area (Å²) in [5, 5.41) is 2.51. The van der Waals surface area contributed by atoms with Gasteiger partial charge in [0.05, 0.1) is 10.7 Å². The highest BCUT2D eigenvalue weighted by Crippen LogP contribution is 2.27. The zero-order chi connectivity index (χ0) is 17.0.